The molecule has 1 aliphatic rings. The van der Waals surface area contributed by atoms with E-state index >= 15 is 0 Å². The standard InChI is InChI=1S/C6H9NO2S/c1-9-6(8)4-2-10-3-5(4)7/h3-4H,2,7H2,1H3. The van der Waals surface area contributed by atoms with E-state index < -0.39 is 0 Å². The van der Waals surface area contributed by atoms with Crippen LogP contribution in [-0.4, -0.2) is 18.8 Å². The van der Waals surface area contributed by atoms with Crippen LogP contribution in [0.4, 0.5) is 0 Å². The van der Waals surface area contributed by atoms with Crippen LogP contribution < -0.4 is 5.73 Å². The zero-order valence-corrected chi connectivity index (χ0v) is 6.48. The summed E-state index contributed by atoms with van der Waals surface area (Å²) in [5.41, 5.74) is 6.12. The van der Waals surface area contributed by atoms with Crippen LogP contribution in [0.1, 0.15) is 0 Å². The fourth-order valence-electron chi connectivity index (χ4n) is 0.765. The van der Waals surface area contributed by atoms with E-state index in [9.17, 15) is 4.79 Å². The van der Waals surface area contributed by atoms with E-state index in [1.165, 1.54) is 7.11 Å². The zero-order chi connectivity index (χ0) is 7.56. The topological polar surface area (TPSA) is 52.3 Å². The number of hydrogen-bond donors (Lipinski definition) is 1. The summed E-state index contributed by atoms with van der Waals surface area (Å²) in [7, 11) is 1.37. The van der Waals surface area contributed by atoms with Crippen LogP contribution in [0.25, 0.3) is 0 Å². The van der Waals surface area contributed by atoms with Crippen molar-refractivity contribution < 1.29 is 9.53 Å². The minimum Gasteiger partial charge on any atom is -0.468 e. The molecule has 0 saturated carbocycles. The Morgan fingerprint density at radius 1 is 2.00 bits per heavy atom. The van der Waals surface area contributed by atoms with Crippen molar-refractivity contribution in [2.24, 2.45) is 11.7 Å². The van der Waals surface area contributed by atoms with E-state index in [2.05, 4.69) is 4.74 Å². The molecule has 0 saturated heterocycles. The van der Waals surface area contributed by atoms with Crippen molar-refractivity contribution in [3.8, 4) is 0 Å². The molecule has 0 amide bonds. The van der Waals surface area contributed by atoms with Crippen LogP contribution in [0.15, 0.2) is 11.1 Å². The Labute approximate surface area is 63.6 Å². The lowest BCUT2D eigenvalue weighted by Crippen LogP contribution is -2.21. The summed E-state index contributed by atoms with van der Waals surface area (Å²) in [6.45, 7) is 0. The van der Waals surface area contributed by atoms with Gasteiger partial charge in [0.15, 0.2) is 0 Å². The van der Waals surface area contributed by atoms with Gasteiger partial charge in [0, 0.05) is 11.4 Å². The first-order chi connectivity index (χ1) is 4.75. The molecule has 0 radical (unpaired) electrons. The lowest BCUT2D eigenvalue weighted by molar-refractivity contribution is -0.143. The van der Waals surface area contributed by atoms with Crippen LogP contribution in [0.3, 0.4) is 0 Å². The number of thioether (sulfide) groups is 1. The van der Waals surface area contributed by atoms with Gasteiger partial charge in [-0.1, -0.05) is 0 Å². The zero-order valence-electron chi connectivity index (χ0n) is 5.66. The predicted molar refractivity (Wildman–Crippen MR) is 40.2 cm³/mol. The van der Waals surface area contributed by atoms with Gasteiger partial charge in [-0.05, 0) is 5.41 Å². The molecule has 0 aromatic heterocycles. The number of methoxy groups -OCH3 is 1. The van der Waals surface area contributed by atoms with Crippen molar-refractivity contribution in [1.29, 1.82) is 0 Å². The van der Waals surface area contributed by atoms with Crippen molar-refractivity contribution in [2.45, 2.75) is 0 Å². The third-order valence-electron chi connectivity index (χ3n) is 1.37. The van der Waals surface area contributed by atoms with E-state index in [1.54, 1.807) is 17.2 Å². The molecule has 4 heteroatoms. The maximum atomic E-state index is 10.9. The second-order valence-electron chi connectivity index (χ2n) is 2.03. The first kappa shape index (κ1) is 7.47. The molecule has 0 aromatic carbocycles. The van der Waals surface area contributed by atoms with E-state index in [-0.39, 0.29) is 11.9 Å². The first-order valence-electron chi connectivity index (χ1n) is 2.90. The molecule has 1 heterocycles. The Kier molecular flexibility index (Phi) is 2.21. The predicted octanol–water partition coefficient (Wildman–Crippen LogP) is 0.322. The molecule has 0 fully saturated rings. The molecule has 3 nitrogen and oxygen atoms in total. The Balaban J connectivity index is 2.57. The molecule has 56 valence electrons. The number of rotatable bonds is 1. The van der Waals surface area contributed by atoms with E-state index in [4.69, 9.17) is 5.73 Å². The second kappa shape index (κ2) is 2.96. The highest BCUT2D eigenvalue weighted by Gasteiger charge is 2.25. The lowest BCUT2D eigenvalue weighted by Gasteiger charge is -2.06. The maximum absolute atomic E-state index is 10.9. The highest BCUT2D eigenvalue weighted by Crippen LogP contribution is 2.25. The van der Waals surface area contributed by atoms with E-state index in [0.717, 1.165) is 5.75 Å². The average Bonchev–Trinajstić information content (AvgIpc) is 2.34. The molecule has 0 aliphatic carbocycles. The van der Waals surface area contributed by atoms with Crippen LogP contribution >= 0.6 is 11.8 Å². The molecular formula is C6H9NO2S. The molecule has 1 atom stereocenters. The first-order valence-corrected chi connectivity index (χ1v) is 3.95. The van der Waals surface area contributed by atoms with Crippen LogP contribution in [0.5, 0.6) is 0 Å². The second-order valence-corrected chi connectivity index (χ2v) is 2.93. The van der Waals surface area contributed by atoms with Crippen molar-refractivity contribution in [3.05, 3.63) is 11.1 Å². The SMILES string of the molecule is COC(=O)C1CSC=C1N. The molecular weight excluding hydrogens is 150 g/mol. The number of ether oxygens (including phenoxy) is 1. The van der Waals surface area contributed by atoms with Crippen LogP contribution in [-0.2, 0) is 9.53 Å². The number of esters is 1. The van der Waals surface area contributed by atoms with Crippen molar-refractivity contribution in [3.63, 3.8) is 0 Å². The molecule has 1 rings (SSSR count). The molecule has 0 aromatic rings. The molecule has 1 unspecified atom stereocenters. The van der Waals surface area contributed by atoms with Gasteiger partial charge in [-0.2, -0.15) is 0 Å². The Hall–Kier alpha value is -0.640. The Morgan fingerprint density at radius 2 is 2.70 bits per heavy atom. The molecule has 2 N–H and O–H groups in total. The third-order valence-corrected chi connectivity index (χ3v) is 2.33. The maximum Gasteiger partial charge on any atom is 0.315 e. The van der Waals surface area contributed by atoms with Crippen molar-refractivity contribution in [2.75, 3.05) is 12.9 Å². The Morgan fingerprint density at radius 3 is 3.10 bits per heavy atom. The monoisotopic (exact) mass is 159 g/mol. The van der Waals surface area contributed by atoms with Crippen LogP contribution in [0, 0.1) is 5.92 Å². The summed E-state index contributed by atoms with van der Waals surface area (Å²) in [6, 6.07) is 0. The molecule has 0 bridgehead atoms. The van der Waals surface area contributed by atoms with Gasteiger partial charge in [0.2, 0.25) is 0 Å². The van der Waals surface area contributed by atoms with E-state index in [1.807, 2.05) is 0 Å². The fourth-order valence-corrected chi connectivity index (χ4v) is 1.74. The summed E-state index contributed by atoms with van der Waals surface area (Å²) in [5.74, 6) is 0.271. The third kappa shape index (κ3) is 1.26. The van der Waals surface area contributed by atoms with Crippen LogP contribution in [0.2, 0.25) is 0 Å². The van der Waals surface area contributed by atoms with Gasteiger partial charge in [0.1, 0.15) is 5.92 Å². The summed E-state index contributed by atoms with van der Waals surface area (Å²) < 4.78 is 4.53. The van der Waals surface area contributed by atoms with Gasteiger partial charge < -0.3 is 10.5 Å². The van der Waals surface area contributed by atoms with E-state index in [0.29, 0.717) is 5.70 Å². The number of carbonyl (C=O) groups is 1. The van der Waals surface area contributed by atoms with Crippen molar-refractivity contribution in [1.82, 2.24) is 0 Å². The minimum atomic E-state index is -0.237. The van der Waals surface area contributed by atoms with Gasteiger partial charge in [-0.25, -0.2) is 0 Å². The average molecular weight is 159 g/mol. The molecule has 0 spiro atoms. The molecule has 10 heavy (non-hydrogen) atoms. The quantitative estimate of drug-likeness (QED) is 0.560. The summed E-state index contributed by atoms with van der Waals surface area (Å²) in [5, 5.41) is 1.79. The fraction of sp³-hybridized carbons (Fsp3) is 0.500. The molecule has 1 aliphatic heterocycles. The minimum absolute atomic E-state index is 0.213. The summed E-state index contributed by atoms with van der Waals surface area (Å²) >= 11 is 1.55. The summed E-state index contributed by atoms with van der Waals surface area (Å²) in [4.78, 5) is 10.9. The normalized spacial score (nSPS) is 24.1. The summed E-state index contributed by atoms with van der Waals surface area (Å²) in [6.07, 6.45) is 0. The van der Waals surface area contributed by atoms with Gasteiger partial charge in [-0.3, -0.25) is 4.79 Å². The van der Waals surface area contributed by atoms with Gasteiger partial charge in [-0.15, -0.1) is 11.8 Å². The number of hydrogen-bond acceptors (Lipinski definition) is 4. The largest absolute Gasteiger partial charge is 0.468 e. The van der Waals surface area contributed by atoms with Gasteiger partial charge >= 0.3 is 5.97 Å². The van der Waals surface area contributed by atoms with Crippen molar-refractivity contribution >= 4 is 17.7 Å². The highest BCUT2D eigenvalue weighted by molar-refractivity contribution is 8.02. The smallest absolute Gasteiger partial charge is 0.315 e. The number of nitrogens with two attached hydrogens (primary N) is 1. The number of carbonyl (C=O) groups excluding carboxylic acids is 1. The lowest BCUT2D eigenvalue weighted by atomic mass is 10.1. The van der Waals surface area contributed by atoms with Gasteiger partial charge in [0.05, 0.1) is 7.11 Å². The Bertz CT molecular complexity index is 179. The highest BCUT2D eigenvalue weighted by atomic mass is 32.2. The van der Waals surface area contributed by atoms with Gasteiger partial charge in [0.25, 0.3) is 0 Å².